The zero-order chi connectivity index (χ0) is 18.1. The van der Waals surface area contributed by atoms with Crippen molar-refractivity contribution in [1.29, 1.82) is 0 Å². The van der Waals surface area contributed by atoms with Crippen LogP contribution >= 0.6 is 0 Å². The fourth-order valence-corrected chi connectivity index (χ4v) is 3.08. The van der Waals surface area contributed by atoms with Crippen molar-refractivity contribution in [2.75, 3.05) is 6.54 Å². The number of benzene rings is 2. The first kappa shape index (κ1) is 16.1. The molecule has 0 fully saturated rings. The number of H-pyrrole nitrogens is 2. The lowest BCUT2D eigenvalue weighted by molar-refractivity contribution is 0.0743. The summed E-state index contributed by atoms with van der Waals surface area (Å²) in [6, 6.07) is 16.8. The van der Waals surface area contributed by atoms with Gasteiger partial charge in [0.2, 0.25) is 0 Å². The third-order valence-corrected chi connectivity index (χ3v) is 4.43. The Balaban J connectivity index is 1.65. The lowest BCUT2D eigenvalue weighted by atomic mass is 10.2. The Morgan fingerprint density at radius 3 is 2.65 bits per heavy atom. The van der Waals surface area contributed by atoms with Crippen LogP contribution in [0.4, 0.5) is 0 Å². The predicted octanol–water partition coefficient (Wildman–Crippen LogP) is 3.07. The lowest BCUT2D eigenvalue weighted by Crippen LogP contribution is -2.32. The number of hydrogen-bond acceptors (Lipinski definition) is 3. The van der Waals surface area contributed by atoms with E-state index in [-0.39, 0.29) is 18.0 Å². The van der Waals surface area contributed by atoms with Crippen molar-refractivity contribution in [2.45, 2.75) is 13.5 Å². The van der Waals surface area contributed by atoms with Crippen LogP contribution in [0.25, 0.3) is 21.8 Å². The van der Waals surface area contributed by atoms with Crippen LogP contribution < -0.4 is 5.56 Å². The van der Waals surface area contributed by atoms with Gasteiger partial charge in [0, 0.05) is 17.4 Å². The minimum absolute atomic E-state index is 0.125. The summed E-state index contributed by atoms with van der Waals surface area (Å²) in [4.78, 5) is 37.2. The first-order chi connectivity index (χ1) is 12.7. The van der Waals surface area contributed by atoms with Crippen LogP contribution in [-0.4, -0.2) is 32.3 Å². The van der Waals surface area contributed by atoms with Crippen LogP contribution in [0.3, 0.4) is 0 Å². The van der Waals surface area contributed by atoms with Crippen molar-refractivity contribution >= 4 is 27.7 Å². The molecule has 0 spiro atoms. The highest BCUT2D eigenvalue weighted by atomic mass is 16.2. The number of para-hydroxylation sites is 2. The molecule has 26 heavy (non-hydrogen) atoms. The average molecular weight is 346 g/mol. The SMILES string of the molecule is CCN(Cc1nc2ccccc2c(=O)[nH]1)C(=O)c1cc2ccccc2[nH]1. The number of nitrogens with zero attached hydrogens (tertiary/aromatic N) is 2. The molecule has 4 rings (SSSR count). The molecule has 6 nitrogen and oxygen atoms in total. The summed E-state index contributed by atoms with van der Waals surface area (Å²) in [6.07, 6.45) is 0. The number of carbonyl (C=O) groups excluding carboxylic acids is 1. The van der Waals surface area contributed by atoms with Crippen LogP contribution in [0, 0.1) is 0 Å². The fourth-order valence-electron chi connectivity index (χ4n) is 3.08. The lowest BCUT2D eigenvalue weighted by Gasteiger charge is -2.19. The van der Waals surface area contributed by atoms with Crippen LogP contribution in [0.1, 0.15) is 23.2 Å². The van der Waals surface area contributed by atoms with Gasteiger partial charge in [-0.2, -0.15) is 0 Å². The van der Waals surface area contributed by atoms with Gasteiger partial charge in [0.05, 0.1) is 17.4 Å². The number of amides is 1. The van der Waals surface area contributed by atoms with Crippen molar-refractivity contribution < 1.29 is 4.79 Å². The third kappa shape index (κ3) is 2.86. The second kappa shape index (κ2) is 6.48. The molecule has 0 aliphatic carbocycles. The molecule has 4 aromatic rings. The van der Waals surface area contributed by atoms with E-state index >= 15 is 0 Å². The molecule has 130 valence electrons. The monoisotopic (exact) mass is 346 g/mol. The Bertz CT molecular complexity index is 1130. The van der Waals surface area contributed by atoms with E-state index in [2.05, 4.69) is 15.0 Å². The number of rotatable bonds is 4. The first-order valence-corrected chi connectivity index (χ1v) is 8.50. The molecule has 2 aromatic carbocycles. The van der Waals surface area contributed by atoms with Gasteiger partial charge < -0.3 is 14.9 Å². The van der Waals surface area contributed by atoms with Gasteiger partial charge in [0.25, 0.3) is 11.5 Å². The van der Waals surface area contributed by atoms with Crippen LogP contribution in [0.2, 0.25) is 0 Å². The van der Waals surface area contributed by atoms with Gasteiger partial charge in [-0.3, -0.25) is 9.59 Å². The van der Waals surface area contributed by atoms with E-state index in [1.807, 2.05) is 43.3 Å². The Kier molecular flexibility index (Phi) is 4.01. The second-order valence-electron chi connectivity index (χ2n) is 6.12. The number of aromatic amines is 2. The molecular weight excluding hydrogens is 328 g/mol. The van der Waals surface area contributed by atoms with Gasteiger partial charge >= 0.3 is 0 Å². The van der Waals surface area contributed by atoms with Crippen molar-refractivity contribution in [1.82, 2.24) is 19.9 Å². The van der Waals surface area contributed by atoms with Crippen molar-refractivity contribution in [3.63, 3.8) is 0 Å². The summed E-state index contributed by atoms with van der Waals surface area (Å²) < 4.78 is 0. The highest BCUT2D eigenvalue weighted by Crippen LogP contribution is 2.17. The van der Waals surface area contributed by atoms with E-state index in [1.54, 1.807) is 23.1 Å². The zero-order valence-corrected chi connectivity index (χ0v) is 14.3. The summed E-state index contributed by atoms with van der Waals surface area (Å²) >= 11 is 0. The number of nitrogens with one attached hydrogen (secondary N) is 2. The maximum atomic E-state index is 12.9. The maximum absolute atomic E-state index is 12.9. The molecule has 0 saturated heterocycles. The van der Waals surface area contributed by atoms with E-state index in [0.717, 1.165) is 10.9 Å². The molecule has 0 bridgehead atoms. The Morgan fingerprint density at radius 2 is 1.85 bits per heavy atom. The standard InChI is InChI=1S/C20H18N4O2/c1-2-24(20(26)17-11-13-7-3-5-9-15(13)21-17)12-18-22-16-10-6-4-8-14(16)19(25)23-18/h3-11,21H,2,12H2,1H3,(H,22,23,25). The third-order valence-electron chi connectivity index (χ3n) is 4.43. The Morgan fingerprint density at radius 1 is 1.08 bits per heavy atom. The number of hydrogen-bond donors (Lipinski definition) is 2. The van der Waals surface area contributed by atoms with Gasteiger partial charge in [-0.1, -0.05) is 30.3 Å². The molecule has 0 saturated carbocycles. The van der Waals surface area contributed by atoms with Gasteiger partial charge in [-0.05, 0) is 31.2 Å². The molecule has 2 aromatic heterocycles. The molecular formula is C20H18N4O2. The Hall–Kier alpha value is -3.41. The summed E-state index contributed by atoms with van der Waals surface area (Å²) in [5.41, 5.74) is 1.88. The normalized spacial score (nSPS) is 11.1. The largest absolute Gasteiger partial charge is 0.351 e. The number of aromatic nitrogens is 3. The van der Waals surface area contributed by atoms with Crippen LogP contribution in [-0.2, 0) is 6.54 Å². The molecule has 0 unspecified atom stereocenters. The first-order valence-electron chi connectivity index (χ1n) is 8.50. The second-order valence-corrected chi connectivity index (χ2v) is 6.12. The zero-order valence-electron chi connectivity index (χ0n) is 14.3. The summed E-state index contributed by atoms with van der Waals surface area (Å²) in [5, 5.41) is 1.53. The van der Waals surface area contributed by atoms with Crippen LogP contribution in [0.5, 0.6) is 0 Å². The molecule has 0 aliphatic rings. The van der Waals surface area contributed by atoms with E-state index in [4.69, 9.17) is 0 Å². The molecule has 0 radical (unpaired) electrons. The topological polar surface area (TPSA) is 81.8 Å². The molecule has 2 heterocycles. The minimum atomic E-state index is -0.195. The molecule has 0 atom stereocenters. The highest BCUT2D eigenvalue weighted by molar-refractivity contribution is 5.98. The Labute approximate surface area is 149 Å². The molecule has 1 amide bonds. The van der Waals surface area contributed by atoms with E-state index in [0.29, 0.717) is 29.0 Å². The number of fused-ring (bicyclic) bond motifs is 2. The van der Waals surface area contributed by atoms with Crippen molar-refractivity contribution in [2.24, 2.45) is 0 Å². The van der Waals surface area contributed by atoms with Gasteiger partial charge in [0.15, 0.2) is 0 Å². The highest BCUT2D eigenvalue weighted by Gasteiger charge is 2.18. The predicted molar refractivity (Wildman–Crippen MR) is 101 cm³/mol. The van der Waals surface area contributed by atoms with E-state index in [1.165, 1.54) is 0 Å². The van der Waals surface area contributed by atoms with Crippen molar-refractivity contribution in [3.05, 3.63) is 76.5 Å². The smallest absolute Gasteiger partial charge is 0.270 e. The molecule has 2 N–H and O–H groups in total. The van der Waals surface area contributed by atoms with Crippen LogP contribution in [0.15, 0.2) is 59.4 Å². The maximum Gasteiger partial charge on any atom is 0.270 e. The molecule has 0 aliphatic heterocycles. The quantitative estimate of drug-likeness (QED) is 0.596. The summed E-state index contributed by atoms with van der Waals surface area (Å²) in [7, 11) is 0. The minimum Gasteiger partial charge on any atom is -0.351 e. The number of carbonyl (C=O) groups is 1. The van der Waals surface area contributed by atoms with Crippen molar-refractivity contribution in [3.8, 4) is 0 Å². The summed E-state index contributed by atoms with van der Waals surface area (Å²) in [5.74, 6) is 0.347. The van der Waals surface area contributed by atoms with E-state index < -0.39 is 0 Å². The average Bonchev–Trinajstić information content (AvgIpc) is 3.10. The van der Waals surface area contributed by atoms with E-state index in [9.17, 15) is 9.59 Å². The van der Waals surface area contributed by atoms with Gasteiger partial charge in [0.1, 0.15) is 11.5 Å². The fraction of sp³-hybridized carbons (Fsp3) is 0.150. The summed E-state index contributed by atoms with van der Waals surface area (Å²) in [6.45, 7) is 2.65. The van der Waals surface area contributed by atoms with Gasteiger partial charge in [-0.15, -0.1) is 0 Å². The van der Waals surface area contributed by atoms with Gasteiger partial charge in [-0.25, -0.2) is 4.98 Å². The molecule has 6 heteroatoms.